The maximum atomic E-state index is 11.7. The number of hydrogen-bond donors (Lipinski definition) is 1. The Balaban J connectivity index is 3.31. The molecule has 0 spiro atoms. The van der Waals surface area contributed by atoms with Crippen LogP contribution in [0.4, 0.5) is 13.2 Å². The topological polar surface area (TPSA) is 38.3 Å². The van der Waals surface area contributed by atoms with Crippen molar-refractivity contribution >= 4 is 35.2 Å². The van der Waals surface area contributed by atoms with Gasteiger partial charge in [0.2, 0.25) is 6.85 Å². The molecule has 0 aliphatic rings. The van der Waals surface area contributed by atoms with Gasteiger partial charge in [-0.2, -0.15) is 13.2 Å². The number of rotatable bonds is 7. The molecule has 0 heterocycles. The lowest BCUT2D eigenvalue weighted by Gasteiger charge is -2.07. The monoisotopic (exact) mass is 299 g/mol. The average molecular weight is 300 g/mol. The maximum absolute atomic E-state index is 11.7. The number of carbonyl (C=O) groups is 1. The van der Waals surface area contributed by atoms with E-state index in [1.165, 1.54) is 0 Å². The van der Waals surface area contributed by atoms with Crippen molar-refractivity contribution in [3.05, 3.63) is 0 Å². The molecular weight excluding hydrogens is 289 g/mol. The largest absolute Gasteiger partial charge is 0.471 e. The van der Waals surface area contributed by atoms with Crippen molar-refractivity contribution in [2.75, 3.05) is 13.2 Å². The fourth-order valence-electron chi connectivity index (χ4n) is 0.840. The van der Waals surface area contributed by atoms with Crippen LogP contribution in [0.3, 0.4) is 0 Å². The third kappa shape index (κ3) is 9.46. The summed E-state index contributed by atoms with van der Waals surface area (Å²) in [5.74, 6) is -1.91. The molecule has 0 aromatic carbocycles. The summed E-state index contributed by atoms with van der Waals surface area (Å²) in [6, 6.07) is 0. The van der Waals surface area contributed by atoms with Gasteiger partial charge in [-0.25, -0.2) is 0 Å². The minimum Gasteiger partial charge on any atom is -0.348 e. The molecule has 0 fully saturated rings. The van der Waals surface area contributed by atoms with Crippen LogP contribution in [0, 0.1) is 0 Å². The molecule has 0 atom stereocenters. The summed E-state index contributed by atoms with van der Waals surface area (Å²) in [7, 11) is 0. The first kappa shape index (κ1) is 16.2. The highest BCUT2D eigenvalue weighted by molar-refractivity contribution is 8.00. The Kier molecular flexibility index (Phi) is 8.46. The molecule has 96 valence electrons. The van der Waals surface area contributed by atoms with Gasteiger partial charge >= 0.3 is 12.1 Å². The van der Waals surface area contributed by atoms with Gasteiger partial charge in [0.1, 0.15) is 0 Å². The molecule has 3 nitrogen and oxygen atoms in total. The summed E-state index contributed by atoms with van der Waals surface area (Å²) in [6.07, 6.45) is -3.08. The molecule has 0 radical (unpaired) electrons. The van der Waals surface area contributed by atoms with Gasteiger partial charge in [-0.05, 0) is 41.7 Å². The Morgan fingerprint density at radius 3 is 2.38 bits per heavy atom. The number of unbranched alkanes of at least 4 members (excludes halogenated alkanes) is 2. The van der Waals surface area contributed by atoms with Crippen molar-refractivity contribution in [3.63, 3.8) is 0 Å². The zero-order chi connectivity index (χ0) is 12.6. The summed E-state index contributed by atoms with van der Waals surface area (Å²) in [6.45, 7) is -1.06. The Labute approximate surface area is 102 Å². The van der Waals surface area contributed by atoms with E-state index in [0.717, 1.165) is 0 Å². The third-order valence-corrected chi connectivity index (χ3v) is 2.52. The van der Waals surface area contributed by atoms with Gasteiger partial charge in [0.25, 0.3) is 0 Å². The molecule has 0 saturated carbocycles. The highest BCUT2D eigenvalue weighted by atomic mass is 35.9. The Bertz CT molecular complexity index is 216. The van der Waals surface area contributed by atoms with Crippen molar-refractivity contribution < 1.29 is 22.5 Å². The molecular formula is C7H11Cl2F3NO2P. The second-order valence-corrected chi connectivity index (χ2v) is 5.87. The molecule has 0 aromatic rings. The van der Waals surface area contributed by atoms with Crippen molar-refractivity contribution in [1.82, 2.24) is 5.32 Å². The molecule has 0 aliphatic heterocycles. The number of nitrogens with one attached hydrogen (secondary N) is 1. The highest BCUT2D eigenvalue weighted by Crippen LogP contribution is 2.47. The lowest BCUT2D eigenvalue weighted by atomic mass is 10.2. The van der Waals surface area contributed by atoms with E-state index in [2.05, 4.69) is 0 Å². The Morgan fingerprint density at radius 2 is 1.88 bits per heavy atom. The zero-order valence-corrected chi connectivity index (χ0v) is 10.6. The van der Waals surface area contributed by atoms with E-state index in [4.69, 9.17) is 27.0 Å². The quantitative estimate of drug-likeness (QED) is 0.577. The SMILES string of the molecule is O=C(NCCCCCOP(Cl)Cl)C(F)(F)F. The van der Waals surface area contributed by atoms with Crippen molar-refractivity contribution in [3.8, 4) is 0 Å². The highest BCUT2D eigenvalue weighted by Gasteiger charge is 2.38. The second kappa shape index (κ2) is 8.34. The average Bonchev–Trinajstić information content (AvgIpc) is 2.14. The van der Waals surface area contributed by atoms with Gasteiger partial charge in [-0.3, -0.25) is 4.79 Å². The van der Waals surface area contributed by atoms with Crippen LogP contribution in [-0.2, 0) is 9.32 Å². The summed E-state index contributed by atoms with van der Waals surface area (Å²) < 4.78 is 40.0. The first-order chi connectivity index (χ1) is 7.34. The zero-order valence-electron chi connectivity index (χ0n) is 8.19. The lowest BCUT2D eigenvalue weighted by molar-refractivity contribution is -0.173. The summed E-state index contributed by atoms with van der Waals surface area (Å²) in [4.78, 5) is 10.3. The molecule has 0 aliphatic carbocycles. The normalized spacial score (nSPS) is 11.9. The number of halogens is 5. The molecule has 0 unspecified atom stereocenters. The smallest absolute Gasteiger partial charge is 0.348 e. The van der Waals surface area contributed by atoms with Crippen molar-refractivity contribution in [2.45, 2.75) is 25.4 Å². The predicted octanol–water partition coefficient (Wildman–Crippen LogP) is 3.56. The van der Waals surface area contributed by atoms with Gasteiger partial charge in [0.15, 0.2) is 0 Å². The fourth-order valence-corrected chi connectivity index (χ4v) is 1.52. The van der Waals surface area contributed by atoms with Gasteiger partial charge in [0, 0.05) is 6.54 Å². The van der Waals surface area contributed by atoms with Crippen molar-refractivity contribution in [1.29, 1.82) is 0 Å². The van der Waals surface area contributed by atoms with Crippen LogP contribution >= 0.6 is 29.3 Å². The van der Waals surface area contributed by atoms with E-state index < -0.39 is 18.9 Å². The second-order valence-electron chi connectivity index (χ2n) is 2.85. The van der Waals surface area contributed by atoms with Gasteiger partial charge in [0.05, 0.1) is 6.61 Å². The maximum Gasteiger partial charge on any atom is 0.471 e. The molecule has 0 bridgehead atoms. The molecule has 9 heteroatoms. The van der Waals surface area contributed by atoms with Crippen molar-refractivity contribution in [2.24, 2.45) is 0 Å². The number of alkyl halides is 3. The lowest BCUT2D eigenvalue weighted by Crippen LogP contribution is -2.37. The first-order valence-electron chi connectivity index (χ1n) is 4.43. The summed E-state index contributed by atoms with van der Waals surface area (Å²) in [5, 5.41) is 1.77. The van der Waals surface area contributed by atoms with E-state index in [1.807, 2.05) is 0 Å². The third-order valence-electron chi connectivity index (χ3n) is 1.55. The van der Waals surface area contributed by atoms with Crippen LogP contribution < -0.4 is 5.32 Å². The van der Waals surface area contributed by atoms with Crippen LogP contribution in [0.2, 0.25) is 0 Å². The van der Waals surface area contributed by atoms with Gasteiger partial charge in [-0.1, -0.05) is 0 Å². The molecule has 1 amide bonds. The number of carbonyl (C=O) groups excluding carboxylic acids is 1. The van der Waals surface area contributed by atoms with Gasteiger partial charge in [-0.15, -0.1) is 0 Å². The van der Waals surface area contributed by atoms with E-state index in [-0.39, 0.29) is 6.54 Å². The van der Waals surface area contributed by atoms with Crippen LogP contribution in [0.25, 0.3) is 0 Å². The van der Waals surface area contributed by atoms with Crippen LogP contribution in [0.15, 0.2) is 0 Å². The summed E-state index contributed by atoms with van der Waals surface area (Å²) >= 11 is 10.7. The number of hydrogen-bond acceptors (Lipinski definition) is 2. The molecule has 16 heavy (non-hydrogen) atoms. The summed E-state index contributed by atoms with van der Waals surface area (Å²) in [5.41, 5.74) is 0. The molecule has 0 aromatic heterocycles. The predicted molar refractivity (Wildman–Crippen MR) is 57.5 cm³/mol. The first-order valence-corrected chi connectivity index (χ1v) is 7.50. The van der Waals surface area contributed by atoms with Crippen LogP contribution in [0.1, 0.15) is 19.3 Å². The van der Waals surface area contributed by atoms with Crippen LogP contribution in [-0.4, -0.2) is 25.2 Å². The van der Waals surface area contributed by atoms with Crippen LogP contribution in [0.5, 0.6) is 0 Å². The number of amides is 1. The Hall–Kier alpha value is 0.230. The minimum absolute atomic E-state index is 0.00510. The minimum atomic E-state index is -4.81. The van der Waals surface area contributed by atoms with E-state index in [0.29, 0.717) is 25.9 Å². The molecule has 0 rings (SSSR count). The van der Waals surface area contributed by atoms with E-state index in [9.17, 15) is 18.0 Å². The van der Waals surface area contributed by atoms with E-state index in [1.54, 1.807) is 5.32 Å². The standard InChI is InChI=1S/C7H11Cl2F3NO2P/c8-16(9)15-5-3-1-2-4-13-6(14)7(10,11)12/h1-5H2,(H,13,14). The van der Waals surface area contributed by atoms with Gasteiger partial charge < -0.3 is 9.84 Å². The molecule has 0 saturated heterocycles. The van der Waals surface area contributed by atoms with E-state index >= 15 is 0 Å². The molecule has 1 N–H and O–H groups in total. The Morgan fingerprint density at radius 1 is 1.25 bits per heavy atom. The fraction of sp³-hybridized carbons (Fsp3) is 0.857.